The Morgan fingerprint density at radius 3 is 2.52 bits per heavy atom. The van der Waals surface area contributed by atoms with Crippen LogP contribution in [0.25, 0.3) is 0 Å². The van der Waals surface area contributed by atoms with Crippen LogP contribution in [0.2, 0.25) is 0 Å². The number of hydrogen-bond donors (Lipinski definition) is 2. The molecule has 23 heavy (non-hydrogen) atoms. The van der Waals surface area contributed by atoms with E-state index in [1.165, 1.54) is 56.7 Å². The summed E-state index contributed by atoms with van der Waals surface area (Å²) in [5.74, 6) is 3.56. The molecule has 0 amide bonds. The van der Waals surface area contributed by atoms with Gasteiger partial charge in [0.15, 0.2) is 5.96 Å². The molecule has 3 heterocycles. The van der Waals surface area contributed by atoms with Crippen molar-refractivity contribution in [1.82, 2.24) is 20.4 Å². The zero-order valence-corrected chi connectivity index (χ0v) is 15.6. The second-order valence-electron chi connectivity index (χ2n) is 7.17. The average molecular weight is 340 g/mol. The lowest BCUT2D eigenvalue weighted by atomic mass is 9.82. The third-order valence-electron chi connectivity index (χ3n) is 5.73. The summed E-state index contributed by atoms with van der Waals surface area (Å²) in [6.07, 6.45) is 6.66. The van der Waals surface area contributed by atoms with Crippen molar-refractivity contribution in [2.45, 2.75) is 50.2 Å². The van der Waals surface area contributed by atoms with Crippen molar-refractivity contribution in [3.05, 3.63) is 0 Å². The van der Waals surface area contributed by atoms with Crippen molar-refractivity contribution >= 4 is 17.7 Å². The first kappa shape index (κ1) is 17.4. The molecular formula is C17H33N5S. The van der Waals surface area contributed by atoms with Crippen LogP contribution in [0.3, 0.4) is 0 Å². The predicted molar refractivity (Wildman–Crippen MR) is 100 cm³/mol. The molecule has 0 spiro atoms. The molecule has 2 atom stereocenters. The highest BCUT2D eigenvalue weighted by atomic mass is 32.2. The van der Waals surface area contributed by atoms with Gasteiger partial charge in [-0.05, 0) is 32.7 Å². The van der Waals surface area contributed by atoms with Crippen LogP contribution in [0.5, 0.6) is 0 Å². The molecule has 0 aliphatic carbocycles. The maximum atomic E-state index is 4.44. The highest BCUT2D eigenvalue weighted by Crippen LogP contribution is 2.32. The first-order valence-corrected chi connectivity index (χ1v) is 10.4. The highest BCUT2D eigenvalue weighted by molar-refractivity contribution is 7.99. The van der Waals surface area contributed by atoms with Gasteiger partial charge in [0.25, 0.3) is 0 Å². The normalized spacial score (nSPS) is 33.5. The van der Waals surface area contributed by atoms with E-state index in [4.69, 9.17) is 0 Å². The van der Waals surface area contributed by atoms with Crippen LogP contribution in [0.1, 0.15) is 32.1 Å². The van der Waals surface area contributed by atoms with E-state index in [1.807, 2.05) is 7.05 Å². The lowest BCUT2D eigenvalue weighted by Gasteiger charge is -2.47. The molecule has 0 aromatic carbocycles. The first-order chi connectivity index (χ1) is 11.3. The van der Waals surface area contributed by atoms with Crippen LogP contribution < -0.4 is 10.6 Å². The molecule has 3 fully saturated rings. The van der Waals surface area contributed by atoms with E-state index in [2.05, 4.69) is 44.2 Å². The smallest absolute Gasteiger partial charge is 0.191 e. The molecular weight excluding hydrogens is 306 g/mol. The number of rotatable bonds is 4. The van der Waals surface area contributed by atoms with E-state index in [0.717, 1.165) is 31.1 Å². The summed E-state index contributed by atoms with van der Waals surface area (Å²) in [5, 5.41) is 7.20. The summed E-state index contributed by atoms with van der Waals surface area (Å²) in [7, 11) is 4.21. The van der Waals surface area contributed by atoms with Gasteiger partial charge < -0.3 is 15.5 Å². The fraction of sp³-hybridized carbons (Fsp3) is 0.941. The molecule has 3 rings (SSSR count). The van der Waals surface area contributed by atoms with E-state index >= 15 is 0 Å². The van der Waals surface area contributed by atoms with Gasteiger partial charge in [0.05, 0.1) is 0 Å². The minimum Gasteiger partial charge on any atom is -0.355 e. The van der Waals surface area contributed by atoms with Gasteiger partial charge >= 0.3 is 0 Å². The van der Waals surface area contributed by atoms with E-state index in [0.29, 0.717) is 6.04 Å². The molecule has 3 aliphatic rings. The molecule has 3 saturated heterocycles. The monoisotopic (exact) mass is 339 g/mol. The molecule has 0 aromatic rings. The number of piperidine rings is 2. The number of hydrogen-bond acceptors (Lipinski definition) is 4. The minimum atomic E-state index is 0.582. The third kappa shape index (κ3) is 4.77. The van der Waals surface area contributed by atoms with Crippen LogP contribution >= 0.6 is 11.8 Å². The molecule has 0 saturated carbocycles. The first-order valence-electron chi connectivity index (χ1n) is 9.25. The Morgan fingerprint density at radius 1 is 1.17 bits per heavy atom. The molecule has 2 bridgehead atoms. The summed E-state index contributed by atoms with van der Waals surface area (Å²) >= 11 is 2.07. The Hall–Kier alpha value is -0.460. The summed E-state index contributed by atoms with van der Waals surface area (Å²) in [5.41, 5.74) is 0. The van der Waals surface area contributed by atoms with Gasteiger partial charge in [-0.1, -0.05) is 6.42 Å². The average Bonchev–Trinajstić information content (AvgIpc) is 2.56. The summed E-state index contributed by atoms with van der Waals surface area (Å²) in [6, 6.07) is 2.12. The minimum absolute atomic E-state index is 0.582. The highest BCUT2D eigenvalue weighted by Gasteiger charge is 2.36. The largest absolute Gasteiger partial charge is 0.355 e. The van der Waals surface area contributed by atoms with Gasteiger partial charge in [-0.3, -0.25) is 9.89 Å². The zero-order valence-electron chi connectivity index (χ0n) is 14.8. The van der Waals surface area contributed by atoms with Crippen molar-refractivity contribution in [1.29, 1.82) is 0 Å². The van der Waals surface area contributed by atoms with Gasteiger partial charge in [-0.15, -0.1) is 0 Å². The van der Waals surface area contributed by atoms with E-state index in [1.54, 1.807) is 0 Å². The number of fused-ring (bicyclic) bond motifs is 2. The topological polar surface area (TPSA) is 42.9 Å². The zero-order chi connectivity index (χ0) is 16.1. The van der Waals surface area contributed by atoms with Gasteiger partial charge in [-0.25, -0.2) is 0 Å². The van der Waals surface area contributed by atoms with Gasteiger partial charge in [0.2, 0.25) is 0 Å². The van der Waals surface area contributed by atoms with E-state index in [9.17, 15) is 0 Å². The van der Waals surface area contributed by atoms with Gasteiger partial charge in [-0.2, -0.15) is 11.8 Å². The third-order valence-corrected chi connectivity index (χ3v) is 6.67. The molecule has 5 nitrogen and oxygen atoms in total. The standard InChI is InChI=1S/C17H33N5S/c1-18-17(19-6-7-22-8-10-23-11-9-22)20-14-12-15-4-3-5-16(13-14)21(15)2/h14-16H,3-13H2,1-2H3,(H2,18,19,20). The van der Waals surface area contributed by atoms with Gasteiger partial charge in [0.1, 0.15) is 0 Å². The van der Waals surface area contributed by atoms with Crippen LogP contribution in [0.4, 0.5) is 0 Å². The van der Waals surface area contributed by atoms with Crippen LogP contribution in [0.15, 0.2) is 4.99 Å². The molecule has 2 N–H and O–H groups in total. The molecule has 3 aliphatic heterocycles. The summed E-state index contributed by atoms with van der Waals surface area (Å²) in [4.78, 5) is 9.61. The second-order valence-corrected chi connectivity index (χ2v) is 8.39. The Morgan fingerprint density at radius 2 is 1.87 bits per heavy atom. The quantitative estimate of drug-likeness (QED) is 0.595. The van der Waals surface area contributed by atoms with Crippen molar-refractivity contribution in [2.24, 2.45) is 4.99 Å². The van der Waals surface area contributed by atoms with Crippen molar-refractivity contribution in [3.8, 4) is 0 Å². The van der Waals surface area contributed by atoms with Crippen molar-refractivity contribution < 1.29 is 0 Å². The van der Waals surface area contributed by atoms with Crippen molar-refractivity contribution in [3.63, 3.8) is 0 Å². The Labute approximate surface area is 145 Å². The Bertz CT molecular complexity index is 382. The fourth-order valence-electron chi connectivity index (χ4n) is 4.28. The number of thioether (sulfide) groups is 1. The number of nitrogens with zero attached hydrogens (tertiary/aromatic N) is 3. The summed E-state index contributed by atoms with van der Waals surface area (Å²) < 4.78 is 0. The Balaban J connectivity index is 1.40. The number of nitrogens with one attached hydrogen (secondary N) is 2. The van der Waals surface area contributed by atoms with Crippen LogP contribution in [0, 0.1) is 0 Å². The SMILES string of the molecule is CN=C(NCCN1CCSCC1)NC1CC2CCCC(C1)N2C. The Kier molecular flexibility index (Phi) is 6.48. The lowest BCUT2D eigenvalue weighted by molar-refractivity contribution is 0.0526. The van der Waals surface area contributed by atoms with E-state index in [-0.39, 0.29) is 0 Å². The fourth-order valence-corrected chi connectivity index (χ4v) is 5.26. The van der Waals surface area contributed by atoms with Crippen LogP contribution in [-0.4, -0.2) is 85.7 Å². The maximum absolute atomic E-state index is 4.44. The molecule has 6 heteroatoms. The van der Waals surface area contributed by atoms with Crippen LogP contribution in [-0.2, 0) is 0 Å². The summed E-state index contributed by atoms with van der Waals surface area (Å²) in [6.45, 7) is 4.58. The molecule has 2 unspecified atom stereocenters. The maximum Gasteiger partial charge on any atom is 0.191 e. The second kappa shape index (κ2) is 8.58. The number of guanidine groups is 1. The predicted octanol–water partition coefficient (Wildman–Crippen LogP) is 1.22. The molecule has 0 aromatic heterocycles. The van der Waals surface area contributed by atoms with E-state index < -0.39 is 0 Å². The molecule has 0 radical (unpaired) electrons. The van der Waals surface area contributed by atoms with Crippen molar-refractivity contribution in [2.75, 3.05) is 51.8 Å². The number of aliphatic imine (C=N–C) groups is 1. The van der Waals surface area contributed by atoms with Gasteiger partial charge in [0, 0.05) is 62.9 Å². The lowest BCUT2D eigenvalue weighted by Crippen LogP contribution is -2.57. The molecule has 132 valence electrons.